The molecule has 2 aromatic rings. The highest BCUT2D eigenvalue weighted by molar-refractivity contribution is 5.99. The third kappa shape index (κ3) is 4.31. The fourth-order valence-electron chi connectivity index (χ4n) is 3.11. The summed E-state index contributed by atoms with van der Waals surface area (Å²) in [6.45, 7) is 0.860. The van der Waals surface area contributed by atoms with E-state index in [4.69, 9.17) is 5.73 Å². The number of halogens is 1. The van der Waals surface area contributed by atoms with E-state index in [2.05, 4.69) is 5.32 Å². The molecule has 27 heavy (non-hydrogen) atoms. The third-order valence-corrected chi connectivity index (χ3v) is 4.63. The molecule has 3 N–H and O–H groups in total. The monoisotopic (exact) mass is 369 g/mol. The lowest BCUT2D eigenvalue weighted by molar-refractivity contribution is 0.0693. The van der Waals surface area contributed by atoms with Gasteiger partial charge in [0.15, 0.2) is 0 Å². The quantitative estimate of drug-likeness (QED) is 0.863. The number of nitrogens with one attached hydrogen (secondary N) is 1. The number of carbonyl (C=O) groups is 3. The molecule has 0 unspecified atom stereocenters. The summed E-state index contributed by atoms with van der Waals surface area (Å²) in [5, 5.41) is 2.91. The van der Waals surface area contributed by atoms with Crippen molar-refractivity contribution in [2.45, 2.75) is 18.9 Å². The topological polar surface area (TPSA) is 92.5 Å². The van der Waals surface area contributed by atoms with Crippen molar-refractivity contribution in [3.05, 3.63) is 71.0 Å². The number of carbonyl (C=O) groups excluding carboxylic acids is 3. The number of benzene rings is 2. The number of hydrogen-bond acceptors (Lipinski definition) is 3. The lowest BCUT2D eigenvalue weighted by Crippen LogP contribution is -2.46. The Labute approximate surface area is 156 Å². The van der Waals surface area contributed by atoms with Gasteiger partial charge in [-0.05, 0) is 43.2 Å². The lowest BCUT2D eigenvalue weighted by atomic mass is 10.0. The summed E-state index contributed by atoms with van der Waals surface area (Å²) in [6.07, 6.45) is 1.14. The van der Waals surface area contributed by atoms with Crippen molar-refractivity contribution in [2.24, 2.45) is 5.73 Å². The number of amides is 3. The minimum absolute atomic E-state index is 0.0586. The van der Waals surface area contributed by atoms with Crippen LogP contribution in [0.1, 0.15) is 43.9 Å². The third-order valence-electron chi connectivity index (χ3n) is 4.63. The normalized spacial score (nSPS) is 14.6. The molecular weight excluding hydrogens is 349 g/mol. The second-order valence-electron chi connectivity index (χ2n) is 6.46. The average Bonchev–Trinajstić information content (AvgIpc) is 2.68. The predicted octanol–water partition coefficient (Wildman–Crippen LogP) is 1.96. The van der Waals surface area contributed by atoms with Crippen molar-refractivity contribution in [3.8, 4) is 0 Å². The van der Waals surface area contributed by atoms with Crippen molar-refractivity contribution < 1.29 is 18.8 Å². The van der Waals surface area contributed by atoms with Crippen LogP contribution < -0.4 is 11.1 Å². The molecule has 7 heteroatoms. The minimum atomic E-state index is -0.593. The molecule has 1 aliphatic heterocycles. The molecular formula is C20H20FN3O3. The van der Waals surface area contributed by atoms with Crippen LogP contribution >= 0.6 is 0 Å². The van der Waals surface area contributed by atoms with Gasteiger partial charge < -0.3 is 16.0 Å². The molecule has 1 fully saturated rings. The van der Waals surface area contributed by atoms with Crippen molar-refractivity contribution in [2.75, 3.05) is 13.1 Å². The minimum Gasteiger partial charge on any atom is -0.366 e. The van der Waals surface area contributed by atoms with E-state index in [1.165, 1.54) is 18.2 Å². The van der Waals surface area contributed by atoms with Crippen LogP contribution in [0.25, 0.3) is 0 Å². The standard InChI is InChI=1S/C20H20FN3O3/c21-17-7-2-1-6-16(17)20(27)24-10-8-15(9-11-24)23-19(26)14-5-3-4-13(12-14)18(22)25/h1-7,12,15H,8-11H2,(H2,22,25)(H,23,26). The molecule has 3 amide bonds. The molecule has 6 nitrogen and oxygen atoms in total. The van der Waals surface area contributed by atoms with E-state index < -0.39 is 11.7 Å². The van der Waals surface area contributed by atoms with Crippen LogP contribution in [0.4, 0.5) is 4.39 Å². The number of rotatable bonds is 4. The molecule has 0 radical (unpaired) electrons. The maximum Gasteiger partial charge on any atom is 0.256 e. The molecule has 3 rings (SSSR count). The Hall–Kier alpha value is -3.22. The zero-order valence-corrected chi connectivity index (χ0v) is 14.7. The first-order valence-corrected chi connectivity index (χ1v) is 8.70. The largest absolute Gasteiger partial charge is 0.366 e. The molecule has 0 bridgehead atoms. The van der Waals surface area contributed by atoms with E-state index in [1.807, 2.05) is 0 Å². The smallest absolute Gasteiger partial charge is 0.256 e. The predicted molar refractivity (Wildman–Crippen MR) is 97.8 cm³/mol. The number of likely N-dealkylation sites (tertiary alicyclic amines) is 1. The van der Waals surface area contributed by atoms with Crippen LogP contribution in [-0.2, 0) is 0 Å². The van der Waals surface area contributed by atoms with Gasteiger partial charge in [0.1, 0.15) is 5.82 Å². The highest BCUT2D eigenvalue weighted by atomic mass is 19.1. The van der Waals surface area contributed by atoms with E-state index in [9.17, 15) is 18.8 Å². The Morgan fingerprint density at radius 3 is 2.33 bits per heavy atom. The summed E-state index contributed by atoms with van der Waals surface area (Å²) in [7, 11) is 0. The molecule has 0 aromatic heterocycles. The van der Waals surface area contributed by atoms with Gasteiger partial charge in [0.2, 0.25) is 5.91 Å². The van der Waals surface area contributed by atoms with Crippen molar-refractivity contribution >= 4 is 17.7 Å². The van der Waals surface area contributed by atoms with Crippen molar-refractivity contribution in [1.82, 2.24) is 10.2 Å². The Morgan fingerprint density at radius 1 is 1.00 bits per heavy atom. The molecule has 140 valence electrons. The van der Waals surface area contributed by atoms with E-state index in [0.29, 0.717) is 31.5 Å². The van der Waals surface area contributed by atoms with Gasteiger partial charge in [-0.1, -0.05) is 18.2 Å². The van der Waals surface area contributed by atoms with Gasteiger partial charge in [0.25, 0.3) is 11.8 Å². The number of primary amides is 1. The Morgan fingerprint density at radius 2 is 1.67 bits per heavy atom. The number of nitrogens with zero attached hydrogens (tertiary/aromatic N) is 1. The summed E-state index contributed by atoms with van der Waals surface area (Å²) < 4.78 is 13.8. The van der Waals surface area contributed by atoms with Gasteiger partial charge in [-0.2, -0.15) is 0 Å². The molecule has 1 saturated heterocycles. The second-order valence-corrected chi connectivity index (χ2v) is 6.46. The van der Waals surface area contributed by atoms with E-state index in [0.717, 1.165) is 0 Å². The first-order chi connectivity index (χ1) is 13.0. The summed E-state index contributed by atoms with van der Waals surface area (Å²) in [6, 6.07) is 12.0. The van der Waals surface area contributed by atoms with Crippen molar-refractivity contribution in [3.63, 3.8) is 0 Å². The summed E-state index contributed by atoms with van der Waals surface area (Å²) in [4.78, 5) is 37.6. The summed E-state index contributed by atoms with van der Waals surface area (Å²) in [5.74, 6) is -1.76. The molecule has 0 aliphatic carbocycles. The van der Waals surface area contributed by atoms with Crippen LogP contribution in [0.3, 0.4) is 0 Å². The summed E-state index contributed by atoms with van der Waals surface area (Å²) in [5.41, 5.74) is 5.92. The van der Waals surface area contributed by atoms with E-state index in [1.54, 1.807) is 35.2 Å². The van der Waals surface area contributed by atoms with Gasteiger partial charge in [0.05, 0.1) is 5.56 Å². The fourth-order valence-corrected chi connectivity index (χ4v) is 3.11. The molecule has 2 aromatic carbocycles. The lowest BCUT2D eigenvalue weighted by Gasteiger charge is -2.32. The fraction of sp³-hybridized carbons (Fsp3) is 0.250. The highest BCUT2D eigenvalue weighted by Gasteiger charge is 2.26. The number of nitrogens with two attached hydrogens (primary N) is 1. The Kier molecular flexibility index (Phi) is 5.49. The van der Waals surface area contributed by atoms with Gasteiger partial charge >= 0.3 is 0 Å². The Bertz CT molecular complexity index is 876. The zero-order chi connectivity index (χ0) is 19.4. The van der Waals surface area contributed by atoms with Crippen molar-refractivity contribution in [1.29, 1.82) is 0 Å². The van der Waals surface area contributed by atoms with Crippen LogP contribution in [0.15, 0.2) is 48.5 Å². The number of hydrogen-bond donors (Lipinski definition) is 2. The van der Waals surface area contributed by atoms with E-state index >= 15 is 0 Å². The van der Waals surface area contributed by atoms with Gasteiger partial charge in [-0.25, -0.2) is 4.39 Å². The molecule has 0 atom stereocenters. The van der Waals surface area contributed by atoms with Crippen LogP contribution in [0, 0.1) is 5.82 Å². The highest BCUT2D eigenvalue weighted by Crippen LogP contribution is 2.16. The number of piperidine rings is 1. The maximum absolute atomic E-state index is 13.8. The van der Waals surface area contributed by atoms with Gasteiger partial charge in [-0.15, -0.1) is 0 Å². The van der Waals surface area contributed by atoms with E-state index in [-0.39, 0.29) is 29.0 Å². The first-order valence-electron chi connectivity index (χ1n) is 8.70. The first kappa shape index (κ1) is 18.6. The second kappa shape index (κ2) is 7.99. The molecule has 1 heterocycles. The summed E-state index contributed by atoms with van der Waals surface area (Å²) >= 11 is 0. The van der Waals surface area contributed by atoms with Gasteiger partial charge in [-0.3, -0.25) is 14.4 Å². The van der Waals surface area contributed by atoms with Crippen LogP contribution in [0.2, 0.25) is 0 Å². The van der Waals surface area contributed by atoms with Crippen LogP contribution in [0.5, 0.6) is 0 Å². The zero-order valence-electron chi connectivity index (χ0n) is 14.7. The Balaban J connectivity index is 1.57. The molecule has 0 spiro atoms. The SMILES string of the molecule is NC(=O)c1cccc(C(=O)NC2CCN(C(=O)c3ccccc3F)CC2)c1. The maximum atomic E-state index is 13.8. The molecule has 0 saturated carbocycles. The average molecular weight is 369 g/mol. The van der Waals surface area contributed by atoms with Gasteiger partial charge in [0, 0.05) is 30.3 Å². The molecule has 1 aliphatic rings. The van der Waals surface area contributed by atoms with Crippen LogP contribution in [-0.4, -0.2) is 41.8 Å².